The van der Waals surface area contributed by atoms with Gasteiger partial charge < -0.3 is 19.9 Å². The van der Waals surface area contributed by atoms with E-state index in [0.29, 0.717) is 23.1 Å². The number of hydrogen-bond donors (Lipinski definition) is 0. The van der Waals surface area contributed by atoms with Gasteiger partial charge in [0.05, 0.1) is 13.4 Å². The lowest BCUT2D eigenvalue weighted by Gasteiger charge is -2.30. The van der Waals surface area contributed by atoms with Gasteiger partial charge in [0.25, 0.3) is 5.82 Å². The average molecular weight is 370 g/mol. The molecule has 140 valence electrons. The minimum atomic E-state index is -0.501. The fourth-order valence-electron chi connectivity index (χ4n) is 2.84. The van der Waals surface area contributed by atoms with Crippen molar-refractivity contribution in [2.24, 2.45) is 12.0 Å². The maximum atomic E-state index is 11.0. The first-order valence-electron chi connectivity index (χ1n) is 8.38. The number of nitro groups is 1. The summed E-state index contributed by atoms with van der Waals surface area (Å²) in [5.74, 6) is 0.983. The van der Waals surface area contributed by atoms with Crippen LogP contribution in [0.25, 0.3) is 17.3 Å². The van der Waals surface area contributed by atoms with Gasteiger partial charge in [0.2, 0.25) is 5.82 Å². The van der Waals surface area contributed by atoms with Crippen LogP contribution in [0, 0.1) is 10.1 Å². The molecule has 0 unspecified atom stereocenters. The van der Waals surface area contributed by atoms with E-state index in [2.05, 4.69) is 42.1 Å². The van der Waals surface area contributed by atoms with Gasteiger partial charge in [0.15, 0.2) is 11.5 Å². The molecule has 3 aromatic heterocycles. The zero-order chi connectivity index (χ0) is 19.0. The summed E-state index contributed by atoms with van der Waals surface area (Å²) in [6.45, 7) is 3.81. The lowest BCUT2D eigenvalue weighted by atomic mass is 10.3. The maximum absolute atomic E-state index is 11.0. The molecule has 0 N–H and O–H groups in total. The molecule has 0 atom stereocenters. The van der Waals surface area contributed by atoms with E-state index in [4.69, 9.17) is 0 Å². The van der Waals surface area contributed by atoms with E-state index >= 15 is 0 Å². The van der Waals surface area contributed by atoms with Gasteiger partial charge in [-0.1, -0.05) is 0 Å². The monoisotopic (exact) mass is 370 g/mol. The third-order valence-electron chi connectivity index (χ3n) is 4.49. The van der Waals surface area contributed by atoms with E-state index in [-0.39, 0.29) is 5.82 Å². The van der Waals surface area contributed by atoms with Crippen LogP contribution < -0.4 is 0 Å². The van der Waals surface area contributed by atoms with Crippen molar-refractivity contribution >= 4 is 23.6 Å². The molecule has 1 saturated heterocycles. The highest BCUT2D eigenvalue weighted by molar-refractivity contribution is 5.61. The normalized spacial score (nSPS) is 15.9. The average Bonchev–Trinajstić information content (AvgIpc) is 3.24. The van der Waals surface area contributed by atoms with E-state index in [1.165, 1.54) is 15.3 Å². The van der Waals surface area contributed by atoms with Crippen LogP contribution in [0.5, 0.6) is 0 Å². The number of nitrogens with zero attached hydrogens (tertiary/aromatic N) is 10. The van der Waals surface area contributed by atoms with E-state index in [9.17, 15) is 10.1 Å². The maximum Gasteiger partial charge on any atom is 0.343 e. The zero-order valence-corrected chi connectivity index (χ0v) is 14.9. The number of piperazine rings is 1. The van der Waals surface area contributed by atoms with Gasteiger partial charge >= 0.3 is 5.82 Å². The van der Waals surface area contributed by atoms with Crippen LogP contribution in [0.2, 0.25) is 0 Å². The van der Waals surface area contributed by atoms with Gasteiger partial charge in [-0.3, -0.25) is 0 Å². The Morgan fingerprint density at radius 2 is 1.93 bits per heavy atom. The molecular weight excluding hydrogens is 352 g/mol. The lowest BCUT2D eigenvalue weighted by molar-refractivity contribution is -0.391. The van der Waals surface area contributed by atoms with Gasteiger partial charge in [-0.05, 0) is 24.1 Å². The summed E-state index contributed by atoms with van der Waals surface area (Å²) in [4.78, 5) is 23.5. The van der Waals surface area contributed by atoms with Gasteiger partial charge in [-0.25, -0.2) is 14.5 Å². The largest absolute Gasteiger partial charge is 0.360 e. The van der Waals surface area contributed by atoms with Crippen LogP contribution in [0.15, 0.2) is 23.3 Å². The van der Waals surface area contributed by atoms with Crippen LogP contribution in [0.1, 0.15) is 0 Å². The molecule has 0 spiro atoms. The Kier molecular flexibility index (Phi) is 4.24. The summed E-state index contributed by atoms with van der Waals surface area (Å²) in [5, 5.41) is 23.6. The Bertz CT molecular complexity index is 1010. The first-order chi connectivity index (χ1) is 13.0. The second-order valence-corrected chi connectivity index (χ2v) is 6.33. The molecule has 1 fully saturated rings. The van der Waals surface area contributed by atoms with Crippen LogP contribution in [-0.4, -0.2) is 83.7 Å². The molecule has 27 heavy (non-hydrogen) atoms. The Morgan fingerprint density at radius 1 is 1.15 bits per heavy atom. The molecule has 4 heterocycles. The number of likely N-dealkylation sites (N-methyl/N-ethyl adjacent to an activating group) is 1. The molecule has 12 nitrogen and oxygen atoms in total. The summed E-state index contributed by atoms with van der Waals surface area (Å²) in [6, 6.07) is 3.50. The van der Waals surface area contributed by atoms with Crippen molar-refractivity contribution in [2.75, 3.05) is 33.2 Å². The number of fused-ring (bicyclic) bond motifs is 1. The number of aromatic nitrogens is 6. The highest BCUT2D eigenvalue weighted by atomic mass is 16.6. The van der Waals surface area contributed by atoms with Crippen LogP contribution >= 0.6 is 0 Å². The molecule has 0 aliphatic carbocycles. The van der Waals surface area contributed by atoms with Crippen molar-refractivity contribution in [3.05, 3.63) is 28.4 Å². The van der Waals surface area contributed by atoms with Crippen molar-refractivity contribution in [1.29, 1.82) is 0 Å². The minimum Gasteiger partial charge on any atom is -0.360 e. The lowest BCUT2D eigenvalue weighted by Crippen LogP contribution is -2.43. The third-order valence-corrected chi connectivity index (χ3v) is 4.49. The summed E-state index contributed by atoms with van der Waals surface area (Å²) >= 11 is 0. The second kappa shape index (κ2) is 6.72. The Labute approximate surface area is 153 Å². The quantitative estimate of drug-likeness (QED) is 0.279. The summed E-state index contributed by atoms with van der Waals surface area (Å²) in [6.07, 6.45) is 2.97. The first-order valence-corrected chi connectivity index (χ1v) is 8.38. The van der Waals surface area contributed by atoms with Crippen LogP contribution in [0.4, 0.5) is 11.6 Å². The highest BCUT2D eigenvalue weighted by Crippen LogP contribution is 2.21. The number of aliphatic imine (C=N–C) groups is 1. The molecule has 0 bridgehead atoms. The zero-order valence-electron chi connectivity index (χ0n) is 14.9. The SMILES string of the molecule is CN1CCN(C=Nc2ccc3nnc(-c4ncc([N+](=O)[O-])n4C)n3n2)CC1. The molecule has 1 aliphatic rings. The smallest absolute Gasteiger partial charge is 0.343 e. The number of imidazole rings is 1. The topological polar surface area (TPSA) is 123 Å². The van der Waals surface area contributed by atoms with Crippen LogP contribution in [-0.2, 0) is 7.05 Å². The fraction of sp³-hybridized carbons (Fsp3) is 0.400. The van der Waals surface area contributed by atoms with E-state index < -0.39 is 4.92 Å². The van der Waals surface area contributed by atoms with E-state index in [0.717, 1.165) is 26.2 Å². The van der Waals surface area contributed by atoms with E-state index in [1.54, 1.807) is 25.5 Å². The van der Waals surface area contributed by atoms with Gasteiger partial charge in [0.1, 0.15) is 6.20 Å². The first kappa shape index (κ1) is 17.0. The fourth-order valence-corrected chi connectivity index (χ4v) is 2.84. The van der Waals surface area contributed by atoms with Crippen molar-refractivity contribution in [3.8, 4) is 11.6 Å². The summed E-state index contributed by atoms with van der Waals surface area (Å²) in [7, 11) is 3.65. The van der Waals surface area contributed by atoms with Gasteiger partial charge in [-0.15, -0.1) is 15.3 Å². The van der Waals surface area contributed by atoms with Crippen molar-refractivity contribution in [1.82, 2.24) is 39.2 Å². The Morgan fingerprint density at radius 3 is 2.63 bits per heavy atom. The third kappa shape index (κ3) is 3.21. The standard InChI is InChI=1S/C15H18N10O2/c1-21-5-7-23(8-6-21)10-17-11-3-4-12-18-19-15(24(12)20-11)14-16-9-13(22(14)2)25(26)27/h3-4,9-10H,5-8H2,1-2H3. The molecule has 1 aliphatic heterocycles. The number of hydrogen-bond acceptors (Lipinski definition) is 8. The van der Waals surface area contributed by atoms with Gasteiger partial charge in [-0.2, -0.15) is 4.52 Å². The molecule has 0 aromatic carbocycles. The summed E-state index contributed by atoms with van der Waals surface area (Å²) in [5.41, 5.74) is 0.509. The van der Waals surface area contributed by atoms with Crippen molar-refractivity contribution in [3.63, 3.8) is 0 Å². The molecule has 0 saturated carbocycles. The van der Waals surface area contributed by atoms with Crippen molar-refractivity contribution in [2.45, 2.75) is 0 Å². The molecular formula is C15H18N10O2. The Hall–Kier alpha value is -3.41. The minimum absolute atomic E-state index is 0.133. The molecule has 4 rings (SSSR count). The van der Waals surface area contributed by atoms with Gasteiger partial charge in [0, 0.05) is 26.2 Å². The predicted molar refractivity (Wildman–Crippen MR) is 96.9 cm³/mol. The summed E-state index contributed by atoms with van der Waals surface area (Å²) < 4.78 is 2.83. The molecule has 12 heteroatoms. The Balaban J connectivity index is 1.65. The highest BCUT2D eigenvalue weighted by Gasteiger charge is 2.23. The molecule has 0 amide bonds. The van der Waals surface area contributed by atoms with Crippen molar-refractivity contribution < 1.29 is 4.92 Å². The predicted octanol–water partition coefficient (Wildman–Crippen LogP) is 0.340. The molecule has 0 radical (unpaired) electrons. The number of rotatable bonds is 4. The second-order valence-electron chi connectivity index (χ2n) is 6.33. The molecule has 3 aromatic rings. The van der Waals surface area contributed by atoms with Crippen LogP contribution in [0.3, 0.4) is 0 Å². The van der Waals surface area contributed by atoms with E-state index in [1.807, 2.05) is 0 Å².